The zero-order valence-electron chi connectivity index (χ0n) is 16.5. The van der Waals surface area contributed by atoms with Crippen molar-refractivity contribution in [1.29, 1.82) is 0 Å². The number of hydrogen-bond donors (Lipinski definition) is 0. The normalized spacial score (nSPS) is 22.5. The van der Waals surface area contributed by atoms with Crippen molar-refractivity contribution >= 4 is 33.6 Å². The number of fused-ring (bicyclic) bond motifs is 4. The van der Waals surface area contributed by atoms with Gasteiger partial charge in [-0.3, -0.25) is 9.69 Å². The second-order valence-corrected chi connectivity index (χ2v) is 8.55. The van der Waals surface area contributed by atoms with Gasteiger partial charge in [0.25, 0.3) is 5.91 Å². The molecule has 1 fully saturated rings. The Labute approximate surface area is 182 Å². The zero-order valence-corrected chi connectivity index (χ0v) is 18.0. The van der Waals surface area contributed by atoms with E-state index in [4.69, 9.17) is 9.15 Å². The molecule has 0 unspecified atom stereocenters. The van der Waals surface area contributed by atoms with Crippen LogP contribution in [0.1, 0.15) is 41.1 Å². The van der Waals surface area contributed by atoms with Gasteiger partial charge < -0.3 is 9.15 Å². The Bertz CT molecular complexity index is 1160. The molecule has 152 valence electrons. The third-order valence-electron chi connectivity index (χ3n) is 5.66. The summed E-state index contributed by atoms with van der Waals surface area (Å²) < 4.78 is 12.2. The fourth-order valence-electron chi connectivity index (χ4n) is 4.26. The Morgan fingerprint density at radius 3 is 2.53 bits per heavy atom. The van der Waals surface area contributed by atoms with Gasteiger partial charge in [0, 0.05) is 17.7 Å². The highest BCUT2D eigenvalue weighted by molar-refractivity contribution is 9.10. The van der Waals surface area contributed by atoms with Gasteiger partial charge in [0.05, 0.1) is 6.04 Å². The van der Waals surface area contributed by atoms with Gasteiger partial charge in [-0.05, 0) is 60.1 Å². The van der Waals surface area contributed by atoms with Crippen LogP contribution in [0, 0.1) is 6.92 Å². The quantitative estimate of drug-likeness (QED) is 0.487. The summed E-state index contributed by atoms with van der Waals surface area (Å²) in [5.41, 5.74) is 1.64. The Morgan fingerprint density at radius 1 is 1.10 bits per heavy atom. The number of carbonyl (C=O) groups is 2. The molecule has 3 aromatic rings. The van der Waals surface area contributed by atoms with E-state index in [1.54, 1.807) is 17.0 Å². The number of carbonyl (C=O) groups excluding carboxylic acids is 2. The minimum atomic E-state index is -0.925. The van der Waals surface area contributed by atoms with Crippen molar-refractivity contribution in [3.8, 4) is 5.75 Å². The molecule has 5 rings (SSSR count). The third kappa shape index (κ3) is 2.84. The number of amides is 3. The first-order chi connectivity index (χ1) is 14.4. The molecule has 0 saturated carbocycles. The molecule has 3 amide bonds. The molecule has 2 bridgehead atoms. The number of furan rings is 1. The number of nitrogens with zero attached hydrogens (tertiary/aromatic N) is 2. The van der Waals surface area contributed by atoms with Gasteiger partial charge in [-0.1, -0.05) is 35.9 Å². The number of benzene rings is 2. The lowest BCUT2D eigenvalue weighted by atomic mass is 9.88. The molecule has 2 atom stereocenters. The van der Waals surface area contributed by atoms with Crippen LogP contribution < -0.4 is 9.64 Å². The van der Waals surface area contributed by atoms with Crippen LogP contribution in [0.25, 0.3) is 0 Å². The van der Waals surface area contributed by atoms with Gasteiger partial charge in [0.15, 0.2) is 16.2 Å². The van der Waals surface area contributed by atoms with E-state index in [0.29, 0.717) is 22.5 Å². The van der Waals surface area contributed by atoms with E-state index in [2.05, 4.69) is 15.9 Å². The first-order valence-corrected chi connectivity index (χ1v) is 10.4. The minimum Gasteiger partial charge on any atom is -0.467 e. The lowest BCUT2D eigenvalue weighted by Gasteiger charge is -2.53. The lowest BCUT2D eigenvalue weighted by molar-refractivity contribution is 0.00170. The van der Waals surface area contributed by atoms with Crippen LogP contribution >= 0.6 is 15.9 Å². The maximum absolute atomic E-state index is 13.8. The summed E-state index contributed by atoms with van der Waals surface area (Å²) >= 11 is 3.23. The number of rotatable bonds is 2. The zero-order chi connectivity index (χ0) is 21.0. The van der Waals surface area contributed by atoms with Crippen molar-refractivity contribution in [3.05, 3.63) is 82.2 Å². The Kier molecular flexibility index (Phi) is 4.25. The molecule has 6 nitrogen and oxygen atoms in total. The van der Waals surface area contributed by atoms with E-state index in [9.17, 15) is 9.59 Å². The maximum Gasteiger partial charge on any atom is 0.335 e. The third-order valence-corrected chi connectivity index (χ3v) is 6.08. The lowest BCUT2D eigenvalue weighted by Crippen LogP contribution is -2.67. The molecule has 2 aliphatic rings. The number of urea groups is 1. The van der Waals surface area contributed by atoms with Crippen LogP contribution in [0.4, 0.5) is 10.5 Å². The number of halogens is 1. The molecule has 1 aromatic heterocycles. The first-order valence-electron chi connectivity index (χ1n) is 9.65. The smallest absolute Gasteiger partial charge is 0.335 e. The molecule has 0 aliphatic carbocycles. The van der Waals surface area contributed by atoms with E-state index >= 15 is 0 Å². The van der Waals surface area contributed by atoms with E-state index < -0.39 is 23.7 Å². The Morgan fingerprint density at radius 2 is 1.83 bits per heavy atom. The molecular weight excluding hydrogens is 448 g/mol. The van der Waals surface area contributed by atoms with Gasteiger partial charge in [0.2, 0.25) is 0 Å². The first kappa shape index (κ1) is 18.9. The summed E-state index contributed by atoms with van der Waals surface area (Å²) in [7, 11) is 0. The van der Waals surface area contributed by atoms with E-state index in [1.807, 2.05) is 62.4 Å². The van der Waals surface area contributed by atoms with Gasteiger partial charge in [-0.25, -0.2) is 9.69 Å². The second-order valence-electron chi connectivity index (χ2n) is 7.77. The van der Waals surface area contributed by atoms with Crippen molar-refractivity contribution in [2.75, 3.05) is 4.90 Å². The van der Waals surface area contributed by atoms with Crippen molar-refractivity contribution in [3.63, 3.8) is 0 Å². The van der Waals surface area contributed by atoms with E-state index in [0.717, 1.165) is 11.1 Å². The number of aryl methyl sites for hydroxylation is 1. The van der Waals surface area contributed by atoms with Crippen LogP contribution in [0.5, 0.6) is 5.75 Å². The van der Waals surface area contributed by atoms with Crippen molar-refractivity contribution in [1.82, 2.24) is 4.90 Å². The number of para-hydroxylation sites is 1. The predicted octanol–water partition coefficient (Wildman–Crippen LogP) is 5.67. The Hall–Kier alpha value is -3.06. The van der Waals surface area contributed by atoms with E-state index in [1.165, 1.54) is 4.90 Å². The van der Waals surface area contributed by atoms with Crippen LogP contribution in [-0.2, 0) is 0 Å². The molecule has 1 saturated heterocycles. The molecular formula is C23H19BrN2O4. The fraction of sp³-hybridized carbons (Fsp3) is 0.217. The summed E-state index contributed by atoms with van der Waals surface area (Å²) in [5.74, 6) is 0.289. The fourth-order valence-corrected chi connectivity index (χ4v) is 4.57. The highest BCUT2D eigenvalue weighted by Crippen LogP contribution is 2.49. The molecule has 2 aliphatic heterocycles. The van der Waals surface area contributed by atoms with Crippen LogP contribution in [-0.4, -0.2) is 22.6 Å². The van der Waals surface area contributed by atoms with Gasteiger partial charge >= 0.3 is 6.03 Å². The SMILES string of the molecule is Cc1ccc(N2C(=O)N(C(=O)c3ccc(Br)o3)[C@H]3C[C@@]2(C)Oc2ccccc23)cc1. The Balaban J connectivity index is 1.67. The molecule has 2 aromatic carbocycles. The highest BCUT2D eigenvalue weighted by Gasteiger charge is 2.55. The van der Waals surface area contributed by atoms with Gasteiger partial charge in [0.1, 0.15) is 5.75 Å². The van der Waals surface area contributed by atoms with Crippen molar-refractivity contribution in [2.24, 2.45) is 0 Å². The molecule has 0 N–H and O–H groups in total. The summed E-state index contributed by atoms with van der Waals surface area (Å²) in [4.78, 5) is 30.0. The van der Waals surface area contributed by atoms with E-state index in [-0.39, 0.29) is 5.76 Å². The van der Waals surface area contributed by atoms with Crippen LogP contribution in [0.3, 0.4) is 0 Å². The number of anilines is 1. The largest absolute Gasteiger partial charge is 0.467 e. The molecule has 7 heteroatoms. The van der Waals surface area contributed by atoms with Gasteiger partial charge in [-0.2, -0.15) is 0 Å². The monoisotopic (exact) mass is 466 g/mol. The standard InChI is InChI=1S/C23H19BrN2O4/c1-14-7-9-15(10-8-14)26-22(28)25(21(27)19-11-12-20(24)29-19)17-13-23(26,2)30-18-6-4-3-5-16(17)18/h3-12,17H,13H2,1-2H3/t17-,23+/m0/s1. The van der Waals surface area contributed by atoms with Crippen molar-refractivity contribution in [2.45, 2.75) is 32.0 Å². The number of imide groups is 1. The minimum absolute atomic E-state index is 0.103. The average Bonchev–Trinajstić information content (AvgIpc) is 3.15. The van der Waals surface area contributed by atoms with Crippen LogP contribution in [0.2, 0.25) is 0 Å². The second kappa shape index (κ2) is 6.74. The summed E-state index contributed by atoms with van der Waals surface area (Å²) in [6.45, 7) is 3.87. The summed E-state index contributed by atoms with van der Waals surface area (Å²) in [5, 5.41) is 0. The number of hydrogen-bond acceptors (Lipinski definition) is 4. The maximum atomic E-state index is 13.8. The molecule has 0 spiro atoms. The molecule has 30 heavy (non-hydrogen) atoms. The number of ether oxygens (including phenoxy) is 1. The average molecular weight is 467 g/mol. The summed E-state index contributed by atoms with van der Waals surface area (Å²) in [6, 6.07) is 17.5. The topological polar surface area (TPSA) is 63.0 Å². The summed E-state index contributed by atoms with van der Waals surface area (Å²) in [6.07, 6.45) is 0.442. The predicted molar refractivity (Wildman–Crippen MR) is 114 cm³/mol. The van der Waals surface area contributed by atoms with Crippen LogP contribution in [0.15, 0.2) is 69.8 Å². The molecule has 0 radical (unpaired) electrons. The van der Waals surface area contributed by atoms with Crippen molar-refractivity contribution < 1.29 is 18.7 Å². The molecule has 3 heterocycles. The highest BCUT2D eigenvalue weighted by atomic mass is 79.9. The van der Waals surface area contributed by atoms with Gasteiger partial charge in [-0.15, -0.1) is 0 Å².